The van der Waals surface area contributed by atoms with Gasteiger partial charge in [-0.15, -0.1) is 0 Å². The van der Waals surface area contributed by atoms with E-state index in [4.69, 9.17) is 4.74 Å². The van der Waals surface area contributed by atoms with E-state index in [1.54, 1.807) is 27.5 Å². The normalized spacial score (nSPS) is 41.5. The molecule has 3 fully saturated rings. The first-order chi connectivity index (χ1) is 8.06. The Labute approximate surface area is 114 Å². The number of amides is 1. The minimum absolute atomic E-state index is 0.00356. The fraction of sp³-hybridized carbons (Fsp3) is 0.818. The van der Waals surface area contributed by atoms with Gasteiger partial charge in [-0.1, -0.05) is 0 Å². The molecule has 0 N–H and O–H groups in total. The second-order valence-corrected chi connectivity index (χ2v) is 6.14. The molecule has 94 valence electrons. The van der Waals surface area contributed by atoms with Gasteiger partial charge in [0.1, 0.15) is 17.8 Å². The van der Waals surface area contributed by atoms with Crippen molar-refractivity contribution < 1.29 is 14.3 Å². The third kappa shape index (κ3) is 1.50. The highest BCUT2D eigenvalue weighted by molar-refractivity contribution is 14.1. The molecule has 3 rings (SSSR count). The Hall–Kier alpha value is -0.210. The molecule has 0 aromatic carbocycles. The van der Waals surface area contributed by atoms with Crippen molar-refractivity contribution in [2.45, 2.75) is 37.1 Å². The summed E-state index contributed by atoms with van der Waals surface area (Å²) in [5.41, 5.74) is -0.393. The van der Waals surface area contributed by atoms with Crippen LogP contribution in [0.4, 0.5) is 0 Å². The Kier molecular flexibility index (Phi) is 2.71. The highest BCUT2D eigenvalue weighted by Gasteiger charge is 2.60. The van der Waals surface area contributed by atoms with Crippen molar-refractivity contribution in [2.24, 2.45) is 0 Å². The standard InChI is InChI=1S/C11H15IN2O3/c1-13-4-2-3-11(13)5-8-14(10(11)16)7(6-17-8)9(12)15/h7-8H,2-6H2,1H3. The second kappa shape index (κ2) is 3.89. The number of hydrogen-bond acceptors (Lipinski definition) is 4. The first-order valence-corrected chi connectivity index (χ1v) is 6.99. The molecular formula is C11H15IN2O3. The zero-order valence-electron chi connectivity index (χ0n) is 9.69. The number of likely N-dealkylation sites (tertiary alicyclic amines) is 1. The lowest BCUT2D eigenvalue weighted by molar-refractivity contribution is -0.140. The molecule has 3 heterocycles. The lowest BCUT2D eigenvalue weighted by Gasteiger charge is -2.30. The predicted octanol–water partition coefficient (Wildman–Crippen LogP) is 0.370. The molecule has 3 aliphatic heterocycles. The van der Waals surface area contributed by atoms with Gasteiger partial charge in [-0.3, -0.25) is 14.5 Å². The number of halogens is 1. The maximum Gasteiger partial charge on any atom is 0.246 e. The van der Waals surface area contributed by atoms with Crippen molar-refractivity contribution in [3.05, 3.63) is 0 Å². The molecule has 0 aromatic rings. The molecule has 3 aliphatic rings. The van der Waals surface area contributed by atoms with Gasteiger partial charge in [0, 0.05) is 29.0 Å². The van der Waals surface area contributed by atoms with Gasteiger partial charge in [0.2, 0.25) is 9.70 Å². The smallest absolute Gasteiger partial charge is 0.246 e. The molecule has 3 atom stereocenters. The lowest BCUT2D eigenvalue weighted by Crippen LogP contribution is -2.51. The summed E-state index contributed by atoms with van der Waals surface area (Å²) >= 11 is 1.76. The summed E-state index contributed by atoms with van der Waals surface area (Å²) in [6.45, 7) is 1.31. The van der Waals surface area contributed by atoms with Crippen LogP contribution in [0.3, 0.4) is 0 Å². The summed E-state index contributed by atoms with van der Waals surface area (Å²) in [4.78, 5) is 27.9. The van der Waals surface area contributed by atoms with Crippen molar-refractivity contribution in [1.29, 1.82) is 0 Å². The van der Waals surface area contributed by atoms with E-state index >= 15 is 0 Å². The van der Waals surface area contributed by atoms with Crippen LogP contribution in [0, 0.1) is 0 Å². The Morgan fingerprint density at radius 3 is 2.94 bits per heavy atom. The summed E-state index contributed by atoms with van der Waals surface area (Å²) < 4.78 is 5.61. The van der Waals surface area contributed by atoms with E-state index in [-0.39, 0.29) is 22.0 Å². The van der Waals surface area contributed by atoms with Crippen LogP contribution in [0.1, 0.15) is 19.3 Å². The van der Waals surface area contributed by atoms with Crippen LogP contribution < -0.4 is 0 Å². The molecule has 0 radical (unpaired) electrons. The monoisotopic (exact) mass is 350 g/mol. The number of hydrogen-bond donors (Lipinski definition) is 0. The third-order valence-electron chi connectivity index (χ3n) is 4.31. The predicted molar refractivity (Wildman–Crippen MR) is 68.6 cm³/mol. The zero-order valence-corrected chi connectivity index (χ0v) is 11.8. The van der Waals surface area contributed by atoms with Crippen LogP contribution in [-0.4, -0.2) is 57.5 Å². The van der Waals surface area contributed by atoms with Crippen LogP contribution in [0.2, 0.25) is 0 Å². The van der Waals surface area contributed by atoms with E-state index in [1.165, 1.54) is 0 Å². The molecule has 1 amide bonds. The van der Waals surface area contributed by atoms with E-state index < -0.39 is 5.54 Å². The van der Waals surface area contributed by atoms with Crippen molar-refractivity contribution >= 4 is 32.3 Å². The largest absolute Gasteiger partial charge is 0.356 e. The Morgan fingerprint density at radius 1 is 1.59 bits per heavy atom. The molecular weight excluding hydrogens is 335 g/mol. The van der Waals surface area contributed by atoms with Crippen molar-refractivity contribution in [1.82, 2.24) is 9.80 Å². The van der Waals surface area contributed by atoms with Gasteiger partial charge >= 0.3 is 0 Å². The van der Waals surface area contributed by atoms with E-state index in [1.807, 2.05) is 7.05 Å². The Morgan fingerprint density at radius 2 is 2.35 bits per heavy atom. The summed E-state index contributed by atoms with van der Waals surface area (Å²) in [5.74, 6) is 0.0926. The summed E-state index contributed by atoms with van der Waals surface area (Å²) in [5, 5.41) is 0. The molecule has 0 bridgehead atoms. The summed E-state index contributed by atoms with van der Waals surface area (Å²) in [6.07, 6.45) is 2.46. The van der Waals surface area contributed by atoms with Crippen molar-refractivity contribution in [3.8, 4) is 0 Å². The number of ether oxygens (including phenoxy) is 1. The van der Waals surface area contributed by atoms with E-state index in [2.05, 4.69) is 4.90 Å². The topological polar surface area (TPSA) is 49.9 Å². The Balaban J connectivity index is 1.92. The highest BCUT2D eigenvalue weighted by Crippen LogP contribution is 2.44. The van der Waals surface area contributed by atoms with Gasteiger partial charge < -0.3 is 9.64 Å². The molecule has 3 unspecified atom stereocenters. The molecule has 5 nitrogen and oxygen atoms in total. The number of likely N-dealkylation sites (N-methyl/N-ethyl adjacent to an activating group) is 1. The maximum absolute atomic E-state index is 12.6. The minimum atomic E-state index is -0.393. The average Bonchev–Trinajstić information content (AvgIpc) is 2.89. The van der Waals surface area contributed by atoms with Gasteiger partial charge in [0.05, 0.1) is 6.61 Å². The highest BCUT2D eigenvalue weighted by atomic mass is 127. The van der Waals surface area contributed by atoms with Crippen LogP contribution in [0.25, 0.3) is 0 Å². The number of nitrogens with zero attached hydrogens (tertiary/aromatic N) is 2. The van der Waals surface area contributed by atoms with Gasteiger partial charge in [-0.05, 0) is 26.4 Å². The summed E-state index contributed by atoms with van der Waals surface area (Å²) in [7, 11) is 1.99. The molecule has 6 heteroatoms. The average molecular weight is 350 g/mol. The van der Waals surface area contributed by atoms with Gasteiger partial charge in [0.25, 0.3) is 0 Å². The molecule has 1 spiro atoms. The minimum Gasteiger partial charge on any atom is -0.356 e. The van der Waals surface area contributed by atoms with Crippen LogP contribution in [-0.2, 0) is 14.3 Å². The molecule has 0 saturated carbocycles. The number of rotatable bonds is 1. The number of carbonyl (C=O) groups excluding carboxylic acids is 2. The van der Waals surface area contributed by atoms with Gasteiger partial charge in [-0.2, -0.15) is 0 Å². The SMILES string of the molecule is CN1CCCC12CC1OCC(C(=O)I)N1C2=O. The summed E-state index contributed by atoms with van der Waals surface area (Å²) in [6, 6.07) is -0.374. The first-order valence-electron chi connectivity index (χ1n) is 5.91. The van der Waals surface area contributed by atoms with Crippen molar-refractivity contribution in [2.75, 3.05) is 20.2 Å². The van der Waals surface area contributed by atoms with Gasteiger partial charge in [0.15, 0.2) is 0 Å². The first kappa shape index (κ1) is 11.9. The number of carbonyl (C=O) groups is 2. The third-order valence-corrected chi connectivity index (χ3v) is 5.03. The maximum atomic E-state index is 12.6. The number of fused-ring (bicyclic) bond motifs is 1. The fourth-order valence-corrected chi connectivity index (χ4v) is 3.81. The van der Waals surface area contributed by atoms with Gasteiger partial charge in [-0.25, -0.2) is 0 Å². The molecule has 3 saturated heterocycles. The second-order valence-electron chi connectivity index (χ2n) is 5.08. The van der Waals surface area contributed by atoms with E-state index in [9.17, 15) is 9.59 Å². The van der Waals surface area contributed by atoms with Crippen LogP contribution >= 0.6 is 22.6 Å². The lowest BCUT2D eigenvalue weighted by atomic mass is 9.94. The molecule has 17 heavy (non-hydrogen) atoms. The zero-order chi connectivity index (χ0) is 12.2. The van der Waals surface area contributed by atoms with Crippen molar-refractivity contribution in [3.63, 3.8) is 0 Å². The quantitative estimate of drug-likeness (QED) is 0.507. The van der Waals surface area contributed by atoms with E-state index in [0.717, 1.165) is 19.4 Å². The van der Waals surface area contributed by atoms with Crippen LogP contribution in [0.15, 0.2) is 0 Å². The molecule has 0 aromatic heterocycles. The fourth-order valence-electron chi connectivity index (χ4n) is 3.33. The molecule has 0 aliphatic carbocycles. The Bertz CT molecular complexity index is 389. The van der Waals surface area contributed by atoms with E-state index in [0.29, 0.717) is 13.0 Å². The van der Waals surface area contributed by atoms with Crippen LogP contribution in [0.5, 0.6) is 0 Å².